The maximum absolute atomic E-state index is 12.4. The Balaban J connectivity index is 2.39. The molecule has 0 heterocycles. The summed E-state index contributed by atoms with van der Waals surface area (Å²) in [7, 11) is -2.28. The van der Waals surface area contributed by atoms with Crippen molar-refractivity contribution < 1.29 is 13.2 Å². The summed E-state index contributed by atoms with van der Waals surface area (Å²) in [6.45, 7) is 1.74. The molecule has 0 amide bonds. The number of nitrogen functional groups attached to an aromatic ring is 1. The van der Waals surface area contributed by atoms with E-state index in [4.69, 9.17) is 22.1 Å². The SMILES string of the molecule is COc1ccc(S(=O)(=O)Nc2cccc(Cl)c2C)cc1N. The van der Waals surface area contributed by atoms with Crippen LogP contribution in [0.5, 0.6) is 5.75 Å². The van der Waals surface area contributed by atoms with E-state index in [9.17, 15) is 8.42 Å². The normalized spacial score (nSPS) is 11.2. The second-order valence-corrected chi connectivity index (χ2v) is 6.51. The first-order valence-electron chi connectivity index (χ1n) is 6.06. The molecule has 0 fully saturated rings. The van der Waals surface area contributed by atoms with Crippen LogP contribution in [0, 0.1) is 6.92 Å². The molecule has 2 aromatic rings. The Morgan fingerprint density at radius 1 is 1.24 bits per heavy atom. The van der Waals surface area contributed by atoms with Crippen LogP contribution in [-0.4, -0.2) is 15.5 Å². The highest BCUT2D eigenvalue weighted by Gasteiger charge is 2.17. The molecule has 3 N–H and O–H groups in total. The predicted octanol–water partition coefficient (Wildman–Crippen LogP) is 3.04. The lowest BCUT2D eigenvalue weighted by Crippen LogP contribution is -2.14. The van der Waals surface area contributed by atoms with Crippen LogP contribution in [0.25, 0.3) is 0 Å². The second kappa shape index (κ2) is 5.83. The van der Waals surface area contributed by atoms with Gasteiger partial charge in [0.05, 0.1) is 23.4 Å². The molecule has 0 aliphatic rings. The highest BCUT2D eigenvalue weighted by molar-refractivity contribution is 7.92. The lowest BCUT2D eigenvalue weighted by atomic mass is 10.2. The largest absolute Gasteiger partial charge is 0.495 e. The summed E-state index contributed by atoms with van der Waals surface area (Å²) < 4.78 is 32.2. The number of halogens is 1. The van der Waals surface area contributed by atoms with Crippen LogP contribution in [-0.2, 0) is 10.0 Å². The first-order valence-corrected chi connectivity index (χ1v) is 7.92. The number of nitrogens with one attached hydrogen (secondary N) is 1. The summed E-state index contributed by atoms with van der Waals surface area (Å²) in [5, 5.41) is 0.490. The molecule has 2 aromatic carbocycles. The molecule has 7 heteroatoms. The molecule has 0 unspecified atom stereocenters. The van der Waals surface area contributed by atoms with Gasteiger partial charge in [0.1, 0.15) is 5.75 Å². The Kier molecular flexibility index (Phi) is 4.29. The number of benzene rings is 2. The van der Waals surface area contributed by atoms with Crippen molar-refractivity contribution >= 4 is 33.0 Å². The molecule has 0 spiro atoms. The Hall–Kier alpha value is -1.92. The zero-order valence-corrected chi connectivity index (χ0v) is 13.1. The highest BCUT2D eigenvalue weighted by atomic mass is 35.5. The highest BCUT2D eigenvalue weighted by Crippen LogP contribution is 2.28. The number of ether oxygens (including phenoxy) is 1. The molecule has 21 heavy (non-hydrogen) atoms. The standard InChI is InChI=1S/C14H15ClN2O3S/c1-9-11(15)4-3-5-13(9)17-21(18,19)10-6-7-14(20-2)12(16)8-10/h3-8,17H,16H2,1-2H3. The van der Waals surface area contributed by atoms with Crippen molar-refractivity contribution in [3.8, 4) is 5.75 Å². The van der Waals surface area contributed by atoms with E-state index in [2.05, 4.69) is 4.72 Å². The maximum atomic E-state index is 12.4. The van der Waals surface area contributed by atoms with Crippen LogP contribution in [0.4, 0.5) is 11.4 Å². The molecule has 0 aromatic heterocycles. The van der Waals surface area contributed by atoms with Crippen LogP contribution in [0.1, 0.15) is 5.56 Å². The predicted molar refractivity (Wildman–Crippen MR) is 84.4 cm³/mol. The molecule has 0 aliphatic carbocycles. The van der Waals surface area contributed by atoms with Crippen LogP contribution < -0.4 is 15.2 Å². The fourth-order valence-corrected chi connectivity index (χ4v) is 3.13. The number of hydrogen-bond acceptors (Lipinski definition) is 4. The number of methoxy groups -OCH3 is 1. The van der Waals surface area contributed by atoms with E-state index in [-0.39, 0.29) is 10.6 Å². The van der Waals surface area contributed by atoms with Crippen molar-refractivity contribution in [3.05, 3.63) is 47.0 Å². The molecule has 0 atom stereocenters. The molecule has 5 nitrogen and oxygen atoms in total. The van der Waals surface area contributed by atoms with Crippen molar-refractivity contribution in [1.82, 2.24) is 0 Å². The average molecular weight is 327 g/mol. The minimum atomic E-state index is -3.74. The van der Waals surface area contributed by atoms with E-state index in [1.807, 2.05) is 0 Å². The van der Waals surface area contributed by atoms with E-state index in [0.717, 1.165) is 0 Å². The maximum Gasteiger partial charge on any atom is 0.261 e. The van der Waals surface area contributed by atoms with Gasteiger partial charge in [0.15, 0.2) is 0 Å². The van der Waals surface area contributed by atoms with Gasteiger partial charge in [-0.25, -0.2) is 8.42 Å². The van der Waals surface area contributed by atoms with E-state index < -0.39 is 10.0 Å². The minimum Gasteiger partial charge on any atom is -0.495 e. The lowest BCUT2D eigenvalue weighted by molar-refractivity contribution is 0.416. The molecular weight excluding hydrogens is 312 g/mol. The van der Waals surface area contributed by atoms with Crippen molar-refractivity contribution in [1.29, 1.82) is 0 Å². The number of hydrogen-bond donors (Lipinski definition) is 2. The lowest BCUT2D eigenvalue weighted by Gasteiger charge is -2.12. The van der Waals surface area contributed by atoms with Gasteiger partial charge in [-0.2, -0.15) is 0 Å². The van der Waals surface area contributed by atoms with Crippen molar-refractivity contribution in [2.45, 2.75) is 11.8 Å². The van der Waals surface area contributed by atoms with Crippen LogP contribution >= 0.6 is 11.6 Å². The summed E-state index contributed by atoms with van der Waals surface area (Å²) in [6.07, 6.45) is 0. The summed E-state index contributed by atoms with van der Waals surface area (Å²) in [6, 6.07) is 9.30. The molecule has 0 saturated carbocycles. The van der Waals surface area contributed by atoms with Gasteiger partial charge in [-0.1, -0.05) is 17.7 Å². The quantitative estimate of drug-likeness (QED) is 0.846. The third-order valence-electron chi connectivity index (χ3n) is 3.02. The molecule has 2 rings (SSSR count). The Morgan fingerprint density at radius 3 is 2.57 bits per heavy atom. The van der Waals surface area contributed by atoms with Gasteiger partial charge in [0, 0.05) is 5.02 Å². The van der Waals surface area contributed by atoms with Gasteiger partial charge >= 0.3 is 0 Å². The van der Waals surface area contributed by atoms with E-state index in [1.165, 1.54) is 25.3 Å². The van der Waals surface area contributed by atoms with Crippen molar-refractivity contribution in [2.24, 2.45) is 0 Å². The molecule has 112 valence electrons. The number of sulfonamides is 1. The molecular formula is C14H15ClN2O3S. The average Bonchev–Trinajstić information content (AvgIpc) is 2.43. The molecule has 0 radical (unpaired) electrons. The fourth-order valence-electron chi connectivity index (χ4n) is 1.80. The van der Waals surface area contributed by atoms with Gasteiger partial charge in [-0.05, 0) is 42.8 Å². The minimum absolute atomic E-state index is 0.0557. The third kappa shape index (κ3) is 3.22. The van der Waals surface area contributed by atoms with E-state index in [1.54, 1.807) is 25.1 Å². The van der Waals surface area contributed by atoms with E-state index in [0.29, 0.717) is 22.0 Å². The first kappa shape index (κ1) is 15.5. The van der Waals surface area contributed by atoms with Gasteiger partial charge in [-0.15, -0.1) is 0 Å². The molecule has 0 saturated heterocycles. The van der Waals surface area contributed by atoms with Crippen molar-refractivity contribution in [3.63, 3.8) is 0 Å². The topological polar surface area (TPSA) is 81.4 Å². The number of anilines is 2. The van der Waals surface area contributed by atoms with Crippen molar-refractivity contribution in [2.75, 3.05) is 17.6 Å². The smallest absolute Gasteiger partial charge is 0.261 e. The molecule has 0 aliphatic heterocycles. The fraction of sp³-hybridized carbons (Fsp3) is 0.143. The summed E-state index contributed by atoms with van der Waals surface area (Å²) in [5.74, 6) is 0.424. The Morgan fingerprint density at radius 2 is 1.95 bits per heavy atom. The van der Waals surface area contributed by atoms with Gasteiger partial charge in [0.25, 0.3) is 10.0 Å². The molecule has 0 bridgehead atoms. The Bertz CT molecular complexity index is 776. The Labute approximate surface area is 128 Å². The summed E-state index contributed by atoms with van der Waals surface area (Å²) in [5.41, 5.74) is 7.07. The van der Waals surface area contributed by atoms with Gasteiger partial charge in [0.2, 0.25) is 0 Å². The van der Waals surface area contributed by atoms with Crippen LogP contribution in [0.2, 0.25) is 5.02 Å². The number of rotatable bonds is 4. The zero-order chi connectivity index (χ0) is 15.6. The first-order chi connectivity index (χ1) is 9.85. The van der Waals surface area contributed by atoms with E-state index >= 15 is 0 Å². The third-order valence-corrected chi connectivity index (χ3v) is 4.80. The van der Waals surface area contributed by atoms with Crippen LogP contribution in [0.15, 0.2) is 41.3 Å². The van der Waals surface area contributed by atoms with Gasteiger partial charge in [-0.3, -0.25) is 4.72 Å². The summed E-state index contributed by atoms with van der Waals surface area (Å²) >= 11 is 5.98. The zero-order valence-electron chi connectivity index (χ0n) is 11.6. The second-order valence-electron chi connectivity index (χ2n) is 4.42. The summed E-state index contributed by atoms with van der Waals surface area (Å²) in [4.78, 5) is 0.0557. The number of nitrogens with two attached hydrogens (primary N) is 1. The van der Waals surface area contributed by atoms with Gasteiger partial charge < -0.3 is 10.5 Å². The van der Waals surface area contributed by atoms with Crippen LogP contribution in [0.3, 0.4) is 0 Å². The monoisotopic (exact) mass is 326 g/mol.